The molecule has 162 valence electrons. The Morgan fingerprint density at radius 1 is 1.03 bits per heavy atom. The van der Waals surface area contributed by atoms with Crippen molar-refractivity contribution in [2.24, 2.45) is 5.73 Å². The van der Waals surface area contributed by atoms with E-state index in [2.05, 4.69) is 11.9 Å². The van der Waals surface area contributed by atoms with Crippen molar-refractivity contribution in [3.63, 3.8) is 0 Å². The van der Waals surface area contributed by atoms with E-state index in [0.29, 0.717) is 28.6 Å². The molecule has 4 N–H and O–H groups in total. The van der Waals surface area contributed by atoms with Crippen LogP contribution in [0.2, 0.25) is 0 Å². The van der Waals surface area contributed by atoms with E-state index in [1.165, 1.54) is 0 Å². The first-order chi connectivity index (χ1) is 14.4. The number of nitrogens with zero attached hydrogens (tertiary/aromatic N) is 2. The van der Waals surface area contributed by atoms with Gasteiger partial charge in [0.2, 0.25) is 5.75 Å². The van der Waals surface area contributed by atoms with Crippen LogP contribution in [0.3, 0.4) is 0 Å². The Labute approximate surface area is 178 Å². The van der Waals surface area contributed by atoms with E-state index in [4.69, 9.17) is 25.7 Å². The van der Waals surface area contributed by atoms with Crippen LogP contribution in [-0.2, 0) is 0 Å². The fourth-order valence-electron chi connectivity index (χ4n) is 3.18. The van der Waals surface area contributed by atoms with Gasteiger partial charge in [-0.2, -0.15) is 0 Å². The molecule has 2 aromatic rings. The lowest BCUT2D eigenvalue weighted by molar-refractivity contribution is 0.324. The van der Waals surface area contributed by atoms with Gasteiger partial charge in [-0.1, -0.05) is 13.8 Å². The molecule has 0 amide bonds. The van der Waals surface area contributed by atoms with Crippen LogP contribution in [0.5, 0.6) is 17.2 Å². The van der Waals surface area contributed by atoms with E-state index in [1.54, 1.807) is 33.6 Å². The van der Waals surface area contributed by atoms with Crippen molar-refractivity contribution in [1.29, 1.82) is 0 Å². The van der Waals surface area contributed by atoms with Crippen LogP contribution in [0, 0.1) is 0 Å². The maximum absolute atomic E-state index is 6.40. The molecule has 0 aliphatic heterocycles. The van der Waals surface area contributed by atoms with Gasteiger partial charge in [0.25, 0.3) is 0 Å². The molecule has 0 saturated heterocycles. The monoisotopic (exact) mass is 412 g/mol. The highest BCUT2D eigenvalue weighted by Gasteiger charge is 2.20. The zero-order valence-electron chi connectivity index (χ0n) is 18.7. The van der Waals surface area contributed by atoms with Crippen molar-refractivity contribution in [3.8, 4) is 28.5 Å². The predicted molar refractivity (Wildman–Crippen MR) is 123 cm³/mol. The third kappa shape index (κ3) is 4.79. The Morgan fingerprint density at radius 2 is 1.67 bits per heavy atom. The van der Waals surface area contributed by atoms with Crippen LogP contribution in [0.4, 0.5) is 11.4 Å². The van der Waals surface area contributed by atoms with E-state index >= 15 is 0 Å². The first kappa shape index (κ1) is 22.9. The first-order valence-corrected chi connectivity index (χ1v) is 9.85. The number of benzene rings is 1. The molecule has 0 aliphatic rings. The van der Waals surface area contributed by atoms with Crippen LogP contribution >= 0.6 is 0 Å². The summed E-state index contributed by atoms with van der Waals surface area (Å²) in [6, 6.07) is 5.52. The van der Waals surface area contributed by atoms with Gasteiger partial charge in [0, 0.05) is 30.2 Å². The summed E-state index contributed by atoms with van der Waals surface area (Å²) in [6.07, 6.45) is 7.23. The van der Waals surface area contributed by atoms with Crippen molar-refractivity contribution < 1.29 is 14.2 Å². The average Bonchev–Trinajstić information content (AvgIpc) is 2.77. The molecule has 0 aliphatic carbocycles. The zero-order chi connectivity index (χ0) is 22.3. The second kappa shape index (κ2) is 10.4. The number of nitrogens with two attached hydrogens (primary N) is 2. The molecule has 0 fully saturated rings. The van der Waals surface area contributed by atoms with Gasteiger partial charge < -0.3 is 30.6 Å². The largest absolute Gasteiger partial charge is 0.493 e. The van der Waals surface area contributed by atoms with Crippen molar-refractivity contribution in [3.05, 3.63) is 47.9 Å². The Kier molecular flexibility index (Phi) is 7.98. The number of allylic oxidation sites excluding steroid dienone is 4. The molecule has 1 heterocycles. The number of nitrogen functional groups attached to an aromatic ring is 1. The van der Waals surface area contributed by atoms with Crippen molar-refractivity contribution in [2.45, 2.75) is 26.7 Å². The Bertz CT molecular complexity index is 913. The second-order valence-corrected chi connectivity index (χ2v) is 6.68. The van der Waals surface area contributed by atoms with Gasteiger partial charge in [0.05, 0.1) is 38.4 Å². The molecule has 0 radical (unpaired) electrons. The van der Waals surface area contributed by atoms with E-state index in [0.717, 1.165) is 35.5 Å². The number of pyridine rings is 1. The average molecular weight is 413 g/mol. The summed E-state index contributed by atoms with van der Waals surface area (Å²) in [6.45, 7) is 4.11. The molecule has 30 heavy (non-hydrogen) atoms. The minimum Gasteiger partial charge on any atom is -0.493 e. The van der Waals surface area contributed by atoms with E-state index < -0.39 is 0 Å². The lowest BCUT2D eigenvalue weighted by Gasteiger charge is -2.26. The minimum absolute atomic E-state index is 0.525. The predicted octanol–water partition coefficient (Wildman–Crippen LogP) is 4.34. The Morgan fingerprint density at radius 3 is 2.17 bits per heavy atom. The maximum atomic E-state index is 6.40. The van der Waals surface area contributed by atoms with Crippen LogP contribution in [0.25, 0.3) is 11.3 Å². The molecule has 0 spiro atoms. The minimum atomic E-state index is 0.525. The van der Waals surface area contributed by atoms with E-state index in [1.807, 2.05) is 43.2 Å². The van der Waals surface area contributed by atoms with Crippen LogP contribution < -0.4 is 30.6 Å². The van der Waals surface area contributed by atoms with Crippen LogP contribution in [0.1, 0.15) is 26.7 Å². The molecule has 0 unspecified atom stereocenters. The highest BCUT2D eigenvalue weighted by molar-refractivity contribution is 5.86. The number of aromatic nitrogens is 1. The quantitative estimate of drug-likeness (QED) is 0.592. The number of anilines is 2. The van der Waals surface area contributed by atoms with Gasteiger partial charge in [-0.05, 0) is 43.2 Å². The summed E-state index contributed by atoms with van der Waals surface area (Å²) in [7, 11) is 6.72. The van der Waals surface area contributed by atoms with Gasteiger partial charge in [-0.25, -0.2) is 0 Å². The molecule has 2 rings (SSSR count). The van der Waals surface area contributed by atoms with Gasteiger partial charge in [0.15, 0.2) is 11.5 Å². The lowest BCUT2D eigenvalue weighted by Crippen LogP contribution is -2.19. The highest BCUT2D eigenvalue weighted by atomic mass is 16.5. The molecule has 7 nitrogen and oxygen atoms in total. The molecule has 1 aromatic carbocycles. The van der Waals surface area contributed by atoms with E-state index in [9.17, 15) is 0 Å². The van der Waals surface area contributed by atoms with Crippen LogP contribution in [-0.4, -0.2) is 33.4 Å². The summed E-state index contributed by atoms with van der Waals surface area (Å²) >= 11 is 0. The highest BCUT2D eigenvalue weighted by Crippen LogP contribution is 2.44. The lowest BCUT2D eigenvalue weighted by atomic mass is 10.1. The van der Waals surface area contributed by atoms with Gasteiger partial charge in [0.1, 0.15) is 0 Å². The number of rotatable bonds is 9. The Balaban J connectivity index is 2.67. The summed E-state index contributed by atoms with van der Waals surface area (Å²) in [5, 5.41) is 0. The topological polar surface area (TPSA) is 95.9 Å². The summed E-state index contributed by atoms with van der Waals surface area (Å²) in [5.74, 6) is 1.63. The second-order valence-electron chi connectivity index (χ2n) is 6.68. The fourth-order valence-corrected chi connectivity index (χ4v) is 3.18. The number of hydrogen-bond donors (Lipinski definition) is 2. The van der Waals surface area contributed by atoms with Gasteiger partial charge in [-0.3, -0.25) is 4.98 Å². The molecular weight excluding hydrogens is 380 g/mol. The smallest absolute Gasteiger partial charge is 0.203 e. The SMILES string of the molecule is CC/C(N)=C\C=C(/CC)N(C)c1c(N)ccnc1-c1cc(OC)c(OC)c(OC)c1. The Hall–Kier alpha value is -3.35. The van der Waals surface area contributed by atoms with Crippen molar-refractivity contribution in [1.82, 2.24) is 4.98 Å². The van der Waals surface area contributed by atoms with Gasteiger partial charge >= 0.3 is 0 Å². The fraction of sp³-hybridized carbons (Fsp3) is 0.348. The third-order valence-electron chi connectivity index (χ3n) is 4.92. The third-order valence-corrected chi connectivity index (χ3v) is 4.92. The normalized spacial score (nSPS) is 11.9. The van der Waals surface area contributed by atoms with Crippen molar-refractivity contribution >= 4 is 11.4 Å². The molecule has 0 saturated carbocycles. The number of hydrogen-bond acceptors (Lipinski definition) is 7. The number of methoxy groups -OCH3 is 3. The standard InChI is InChI=1S/C23H32N4O3/c1-7-16(24)9-10-17(8-2)27(3)22-18(25)11-12-26-21(22)15-13-19(28-4)23(30-6)20(14-15)29-5/h9-14H,7-8,24H2,1-6H3,(H2,25,26)/b16-9+,17-10+. The summed E-state index contributed by atoms with van der Waals surface area (Å²) < 4.78 is 16.5. The maximum Gasteiger partial charge on any atom is 0.203 e. The van der Waals surface area contributed by atoms with Crippen LogP contribution in [0.15, 0.2) is 47.9 Å². The summed E-state index contributed by atoms with van der Waals surface area (Å²) in [4.78, 5) is 6.67. The molecule has 0 atom stereocenters. The molecule has 0 bridgehead atoms. The zero-order valence-corrected chi connectivity index (χ0v) is 18.7. The van der Waals surface area contributed by atoms with E-state index in [-0.39, 0.29) is 0 Å². The molecule has 1 aromatic heterocycles. The summed E-state index contributed by atoms with van der Waals surface area (Å²) in [5.41, 5.74) is 17.2. The molecule has 7 heteroatoms. The number of ether oxygens (including phenoxy) is 3. The molecular formula is C23H32N4O3. The van der Waals surface area contributed by atoms with Crippen molar-refractivity contribution in [2.75, 3.05) is 39.0 Å². The van der Waals surface area contributed by atoms with Gasteiger partial charge in [-0.15, -0.1) is 0 Å². The first-order valence-electron chi connectivity index (χ1n) is 9.85.